The van der Waals surface area contributed by atoms with Crippen LogP contribution in [-0.4, -0.2) is 41.5 Å². The molecule has 0 fully saturated rings. The van der Waals surface area contributed by atoms with Gasteiger partial charge in [-0.15, -0.1) is 0 Å². The molecule has 0 radical (unpaired) electrons. The van der Waals surface area contributed by atoms with Gasteiger partial charge >= 0.3 is 0 Å². The van der Waals surface area contributed by atoms with E-state index in [0.717, 1.165) is 47.3 Å². The van der Waals surface area contributed by atoms with Crippen molar-refractivity contribution in [2.75, 3.05) is 26.8 Å². The van der Waals surface area contributed by atoms with E-state index >= 15 is 0 Å². The van der Waals surface area contributed by atoms with Gasteiger partial charge in [0.1, 0.15) is 11.5 Å². The third-order valence-corrected chi connectivity index (χ3v) is 5.69. The van der Waals surface area contributed by atoms with Crippen LogP contribution in [0.4, 0.5) is 0 Å². The van der Waals surface area contributed by atoms with Crippen LogP contribution in [0.2, 0.25) is 5.02 Å². The van der Waals surface area contributed by atoms with Crippen LogP contribution < -0.4 is 9.47 Å². The molecule has 5 nitrogen and oxygen atoms in total. The predicted molar refractivity (Wildman–Crippen MR) is 126 cm³/mol. The average Bonchev–Trinajstić information content (AvgIpc) is 3.01. The Morgan fingerprint density at radius 2 is 1.68 bits per heavy atom. The van der Waals surface area contributed by atoms with Crippen molar-refractivity contribution in [2.45, 2.75) is 40.3 Å². The summed E-state index contributed by atoms with van der Waals surface area (Å²) in [5.74, 6) is 1.74. The fourth-order valence-corrected chi connectivity index (χ4v) is 3.77. The maximum Gasteiger partial charge on any atom is 0.119 e. The van der Waals surface area contributed by atoms with Gasteiger partial charge in [-0.05, 0) is 70.1 Å². The first-order valence-electron chi connectivity index (χ1n) is 10.8. The Labute approximate surface area is 190 Å². The molecule has 2 aromatic carbocycles. The van der Waals surface area contributed by atoms with Gasteiger partial charge in [0.15, 0.2) is 0 Å². The first kappa shape index (κ1) is 23.2. The molecule has 0 spiro atoms. The van der Waals surface area contributed by atoms with Gasteiger partial charge in [0.25, 0.3) is 0 Å². The standard InChI is InChI=1S/C25H32ClN3O2/c1-5-30-22-11-13-23(14-12-22)31-16-8-15-28(4)18-24-19(2)27-29(20(24)3)17-21-9-6-7-10-25(21)26/h6-7,9-14H,5,8,15-18H2,1-4H3. The Morgan fingerprint density at radius 3 is 2.35 bits per heavy atom. The highest BCUT2D eigenvalue weighted by molar-refractivity contribution is 6.31. The monoisotopic (exact) mass is 441 g/mol. The summed E-state index contributed by atoms with van der Waals surface area (Å²) in [5, 5.41) is 5.53. The second-order valence-electron chi connectivity index (χ2n) is 7.74. The normalized spacial score (nSPS) is 11.2. The zero-order chi connectivity index (χ0) is 22.2. The van der Waals surface area contributed by atoms with Crippen molar-refractivity contribution in [2.24, 2.45) is 0 Å². The molecule has 0 amide bonds. The van der Waals surface area contributed by atoms with Crippen LogP contribution in [0.1, 0.15) is 35.9 Å². The summed E-state index contributed by atoms with van der Waals surface area (Å²) in [6.45, 7) is 10.0. The van der Waals surface area contributed by atoms with Gasteiger partial charge in [-0.2, -0.15) is 5.10 Å². The summed E-state index contributed by atoms with van der Waals surface area (Å²) in [4.78, 5) is 2.32. The van der Waals surface area contributed by atoms with Crippen LogP contribution in [0.15, 0.2) is 48.5 Å². The molecule has 1 heterocycles. The van der Waals surface area contributed by atoms with E-state index in [1.807, 2.05) is 49.4 Å². The van der Waals surface area contributed by atoms with Crippen LogP contribution in [-0.2, 0) is 13.1 Å². The summed E-state index contributed by atoms with van der Waals surface area (Å²) in [6.07, 6.45) is 0.954. The first-order chi connectivity index (χ1) is 15.0. The molecule has 3 aromatic rings. The Morgan fingerprint density at radius 1 is 1.00 bits per heavy atom. The molecule has 3 rings (SSSR count). The zero-order valence-corrected chi connectivity index (χ0v) is 19.7. The fraction of sp³-hybridized carbons (Fsp3) is 0.400. The molecule has 0 bridgehead atoms. The Hall–Kier alpha value is -2.50. The van der Waals surface area contributed by atoms with E-state index in [1.54, 1.807) is 0 Å². The number of halogens is 1. The van der Waals surface area contributed by atoms with Crippen LogP contribution in [0.25, 0.3) is 0 Å². The van der Waals surface area contributed by atoms with Crippen LogP contribution in [0.5, 0.6) is 11.5 Å². The molecule has 0 N–H and O–H groups in total. The number of hydrogen-bond donors (Lipinski definition) is 0. The van der Waals surface area contributed by atoms with E-state index in [9.17, 15) is 0 Å². The highest BCUT2D eigenvalue weighted by Gasteiger charge is 2.14. The van der Waals surface area contributed by atoms with Gasteiger partial charge < -0.3 is 14.4 Å². The molecule has 0 saturated heterocycles. The number of aryl methyl sites for hydroxylation is 1. The number of rotatable bonds is 11. The molecule has 0 aliphatic rings. The first-order valence-corrected chi connectivity index (χ1v) is 11.2. The topological polar surface area (TPSA) is 39.5 Å². The summed E-state index contributed by atoms with van der Waals surface area (Å²) in [5.41, 5.74) is 4.63. The minimum absolute atomic E-state index is 0.671. The van der Waals surface area contributed by atoms with Crippen molar-refractivity contribution in [3.05, 3.63) is 76.1 Å². The predicted octanol–water partition coefficient (Wildman–Crippen LogP) is 5.50. The van der Waals surface area contributed by atoms with Crippen molar-refractivity contribution >= 4 is 11.6 Å². The average molecular weight is 442 g/mol. The van der Waals surface area contributed by atoms with Gasteiger partial charge in [0.05, 0.1) is 25.5 Å². The molecular formula is C25H32ClN3O2. The van der Waals surface area contributed by atoms with Gasteiger partial charge in [0, 0.05) is 29.4 Å². The quantitative estimate of drug-likeness (QED) is 0.368. The Kier molecular flexibility index (Phi) is 8.38. The maximum absolute atomic E-state index is 6.33. The van der Waals surface area contributed by atoms with E-state index in [2.05, 4.69) is 36.5 Å². The van der Waals surface area contributed by atoms with Gasteiger partial charge in [-0.1, -0.05) is 29.8 Å². The lowest BCUT2D eigenvalue weighted by Crippen LogP contribution is -2.21. The Bertz CT molecular complexity index is 969. The largest absolute Gasteiger partial charge is 0.494 e. The molecule has 0 unspecified atom stereocenters. The molecular weight excluding hydrogens is 410 g/mol. The van der Waals surface area contributed by atoms with Crippen LogP contribution in [0, 0.1) is 13.8 Å². The lowest BCUT2D eigenvalue weighted by Gasteiger charge is -2.17. The minimum atomic E-state index is 0.671. The van der Waals surface area contributed by atoms with Crippen LogP contribution >= 0.6 is 11.6 Å². The molecule has 6 heteroatoms. The van der Waals surface area contributed by atoms with Crippen molar-refractivity contribution in [1.29, 1.82) is 0 Å². The van der Waals surface area contributed by atoms with Crippen molar-refractivity contribution in [3.8, 4) is 11.5 Å². The van der Waals surface area contributed by atoms with E-state index < -0.39 is 0 Å². The summed E-state index contributed by atoms with van der Waals surface area (Å²) in [7, 11) is 2.14. The van der Waals surface area contributed by atoms with E-state index in [1.165, 1.54) is 11.3 Å². The summed E-state index contributed by atoms with van der Waals surface area (Å²) < 4.78 is 13.4. The lowest BCUT2D eigenvalue weighted by molar-refractivity contribution is 0.258. The lowest BCUT2D eigenvalue weighted by atomic mass is 10.1. The molecule has 0 aliphatic carbocycles. The summed E-state index contributed by atoms with van der Waals surface area (Å²) >= 11 is 6.33. The molecule has 31 heavy (non-hydrogen) atoms. The molecule has 0 saturated carbocycles. The van der Waals surface area contributed by atoms with E-state index in [4.69, 9.17) is 26.2 Å². The number of nitrogens with zero attached hydrogens (tertiary/aromatic N) is 3. The van der Waals surface area contributed by atoms with Gasteiger partial charge in [-0.25, -0.2) is 0 Å². The van der Waals surface area contributed by atoms with Gasteiger partial charge in [0.2, 0.25) is 0 Å². The smallest absolute Gasteiger partial charge is 0.119 e. The number of ether oxygens (including phenoxy) is 2. The third-order valence-electron chi connectivity index (χ3n) is 5.32. The third kappa shape index (κ3) is 6.49. The SMILES string of the molecule is CCOc1ccc(OCCCN(C)Cc2c(C)nn(Cc3ccccc3Cl)c2C)cc1. The molecule has 166 valence electrons. The zero-order valence-electron chi connectivity index (χ0n) is 18.9. The number of hydrogen-bond acceptors (Lipinski definition) is 4. The van der Waals surface area contributed by atoms with Crippen molar-refractivity contribution in [1.82, 2.24) is 14.7 Å². The highest BCUT2D eigenvalue weighted by Crippen LogP contribution is 2.21. The molecule has 1 aromatic heterocycles. The Balaban J connectivity index is 1.48. The molecule has 0 atom stereocenters. The minimum Gasteiger partial charge on any atom is -0.494 e. The molecule has 0 aliphatic heterocycles. The fourth-order valence-electron chi connectivity index (χ4n) is 3.58. The van der Waals surface area contributed by atoms with Crippen LogP contribution in [0.3, 0.4) is 0 Å². The number of benzene rings is 2. The van der Waals surface area contributed by atoms with E-state index in [0.29, 0.717) is 19.8 Å². The van der Waals surface area contributed by atoms with E-state index in [-0.39, 0.29) is 0 Å². The highest BCUT2D eigenvalue weighted by atomic mass is 35.5. The van der Waals surface area contributed by atoms with Crippen molar-refractivity contribution in [3.63, 3.8) is 0 Å². The second-order valence-corrected chi connectivity index (χ2v) is 8.15. The summed E-state index contributed by atoms with van der Waals surface area (Å²) in [6, 6.07) is 15.7. The van der Waals surface area contributed by atoms with Crippen molar-refractivity contribution < 1.29 is 9.47 Å². The number of aromatic nitrogens is 2. The van der Waals surface area contributed by atoms with Gasteiger partial charge in [-0.3, -0.25) is 4.68 Å². The maximum atomic E-state index is 6.33. The second kappa shape index (κ2) is 11.2.